The van der Waals surface area contributed by atoms with E-state index in [1.54, 1.807) is 24.3 Å². The highest BCUT2D eigenvalue weighted by molar-refractivity contribution is 6.05. The molecular formula is C19H20N2O2. The van der Waals surface area contributed by atoms with Crippen LogP contribution in [-0.4, -0.2) is 17.9 Å². The minimum Gasteiger partial charge on any atom is -0.349 e. The van der Waals surface area contributed by atoms with Crippen LogP contribution in [0.2, 0.25) is 0 Å². The number of nitrogens with one attached hydrogen (secondary N) is 2. The number of carbonyl (C=O) groups is 2. The Morgan fingerprint density at radius 1 is 0.870 bits per heavy atom. The molecule has 0 bridgehead atoms. The summed E-state index contributed by atoms with van der Waals surface area (Å²) in [5, 5.41) is 5.82. The van der Waals surface area contributed by atoms with Gasteiger partial charge in [0.15, 0.2) is 0 Å². The summed E-state index contributed by atoms with van der Waals surface area (Å²) in [5.41, 5.74) is 4.11. The molecule has 2 amide bonds. The number of aryl methyl sites for hydroxylation is 2. The zero-order chi connectivity index (χ0) is 16.4. The number of carbonyl (C=O) groups excluding carboxylic acids is 2. The molecule has 0 atom stereocenters. The summed E-state index contributed by atoms with van der Waals surface area (Å²) in [6.07, 6.45) is 2.12. The molecule has 0 aromatic heterocycles. The molecule has 0 saturated heterocycles. The summed E-state index contributed by atoms with van der Waals surface area (Å²) in [6, 6.07) is 13.0. The summed E-state index contributed by atoms with van der Waals surface area (Å²) in [7, 11) is 0. The van der Waals surface area contributed by atoms with Gasteiger partial charge in [-0.25, -0.2) is 0 Å². The van der Waals surface area contributed by atoms with E-state index in [2.05, 4.69) is 16.7 Å². The average molecular weight is 308 g/mol. The van der Waals surface area contributed by atoms with E-state index in [4.69, 9.17) is 0 Å². The predicted molar refractivity (Wildman–Crippen MR) is 90.8 cm³/mol. The fraction of sp³-hybridized carbons (Fsp3) is 0.263. The zero-order valence-corrected chi connectivity index (χ0v) is 13.3. The SMILES string of the molecule is Cc1cc(C)cc(NC(=O)c2ccc(C(=O)NC3CC3)cc2)c1. The molecule has 118 valence electrons. The van der Waals surface area contributed by atoms with Crippen molar-refractivity contribution in [3.8, 4) is 0 Å². The highest BCUT2D eigenvalue weighted by atomic mass is 16.2. The standard InChI is InChI=1S/C19H20N2O2/c1-12-9-13(2)11-17(10-12)21-19(23)15-5-3-14(4-6-15)18(22)20-16-7-8-16/h3-6,9-11,16H,7-8H2,1-2H3,(H,20,22)(H,21,23). The Balaban J connectivity index is 1.68. The van der Waals surface area contributed by atoms with Gasteiger partial charge in [0.1, 0.15) is 0 Å². The van der Waals surface area contributed by atoms with Gasteiger partial charge in [0.05, 0.1) is 0 Å². The van der Waals surface area contributed by atoms with Gasteiger partial charge in [-0.15, -0.1) is 0 Å². The summed E-state index contributed by atoms with van der Waals surface area (Å²) >= 11 is 0. The van der Waals surface area contributed by atoms with Crippen molar-refractivity contribution < 1.29 is 9.59 Å². The number of anilines is 1. The topological polar surface area (TPSA) is 58.2 Å². The van der Waals surface area contributed by atoms with Crippen LogP contribution in [0, 0.1) is 13.8 Å². The lowest BCUT2D eigenvalue weighted by Gasteiger charge is -2.08. The van der Waals surface area contributed by atoms with E-state index in [0.717, 1.165) is 29.7 Å². The maximum atomic E-state index is 12.3. The Bertz CT molecular complexity index is 726. The van der Waals surface area contributed by atoms with Gasteiger partial charge in [0.25, 0.3) is 11.8 Å². The van der Waals surface area contributed by atoms with Crippen LogP contribution >= 0.6 is 0 Å². The first-order chi connectivity index (χ1) is 11.0. The lowest BCUT2D eigenvalue weighted by Crippen LogP contribution is -2.25. The second-order valence-electron chi connectivity index (χ2n) is 6.16. The molecule has 0 aliphatic heterocycles. The van der Waals surface area contributed by atoms with Gasteiger partial charge in [-0.3, -0.25) is 9.59 Å². The van der Waals surface area contributed by atoms with Gasteiger partial charge in [-0.05, 0) is 74.2 Å². The Morgan fingerprint density at radius 3 is 1.91 bits per heavy atom. The van der Waals surface area contributed by atoms with Gasteiger partial charge in [-0.2, -0.15) is 0 Å². The summed E-state index contributed by atoms with van der Waals surface area (Å²) < 4.78 is 0. The monoisotopic (exact) mass is 308 g/mol. The number of hydrogen-bond donors (Lipinski definition) is 2. The molecule has 0 spiro atoms. The molecule has 2 N–H and O–H groups in total. The molecule has 2 aromatic carbocycles. The second-order valence-corrected chi connectivity index (χ2v) is 6.16. The third-order valence-corrected chi connectivity index (χ3v) is 3.80. The van der Waals surface area contributed by atoms with Gasteiger partial charge < -0.3 is 10.6 Å². The molecule has 2 aromatic rings. The van der Waals surface area contributed by atoms with Crippen molar-refractivity contribution in [3.05, 3.63) is 64.7 Å². The molecular weight excluding hydrogens is 288 g/mol. The van der Waals surface area contributed by atoms with E-state index in [0.29, 0.717) is 17.2 Å². The summed E-state index contributed by atoms with van der Waals surface area (Å²) in [5.74, 6) is -0.252. The van der Waals surface area contributed by atoms with Crippen molar-refractivity contribution in [2.24, 2.45) is 0 Å². The van der Waals surface area contributed by atoms with Crippen LogP contribution < -0.4 is 10.6 Å². The quantitative estimate of drug-likeness (QED) is 0.909. The fourth-order valence-electron chi connectivity index (χ4n) is 2.52. The molecule has 0 unspecified atom stereocenters. The van der Waals surface area contributed by atoms with Gasteiger partial charge in [-0.1, -0.05) is 6.07 Å². The average Bonchev–Trinajstić information content (AvgIpc) is 3.30. The first-order valence-electron chi connectivity index (χ1n) is 7.82. The molecule has 0 radical (unpaired) electrons. The van der Waals surface area contributed by atoms with Gasteiger partial charge >= 0.3 is 0 Å². The van der Waals surface area contributed by atoms with Gasteiger partial charge in [0.2, 0.25) is 0 Å². The smallest absolute Gasteiger partial charge is 0.255 e. The number of rotatable bonds is 4. The fourth-order valence-corrected chi connectivity index (χ4v) is 2.52. The normalized spacial score (nSPS) is 13.5. The Kier molecular flexibility index (Phi) is 4.15. The number of amides is 2. The number of benzene rings is 2. The third kappa shape index (κ3) is 3.97. The Labute approximate surface area is 135 Å². The van der Waals surface area contributed by atoms with E-state index in [-0.39, 0.29) is 11.8 Å². The molecule has 1 saturated carbocycles. The van der Waals surface area contributed by atoms with Crippen LogP contribution in [0.1, 0.15) is 44.7 Å². The van der Waals surface area contributed by atoms with E-state index in [9.17, 15) is 9.59 Å². The number of hydrogen-bond acceptors (Lipinski definition) is 2. The molecule has 23 heavy (non-hydrogen) atoms. The minimum atomic E-state index is -0.177. The molecule has 1 aliphatic carbocycles. The van der Waals surface area contributed by atoms with Crippen molar-refractivity contribution in [2.45, 2.75) is 32.7 Å². The zero-order valence-electron chi connectivity index (χ0n) is 13.3. The van der Waals surface area contributed by atoms with Crippen LogP contribution in [-0.2, 0) is 0 Å². The lowest BCUT2D eigenvalue weighted by molar-refractivity contribution is 0.0949. The predicted octanol–water partition coefficient (Wildman–Crippen LogP) is 3.45. The maximum absolute atomic E-state index is 12.3. The first-order valence-corrected chi connectivity index (χ1v) is 7.82. The first kappa shape index (κ1) is 15.3. The van der Waals surface area contributed by atoms with Crippen LogP contribution in [0.25, 0.3) is 0 Å². The Morgan fingerprint density at radius 2 is 1.39 bits per heavy atom. The van der Waals surface area contributed by atoms with Crippen molar-refractivity contribution in [1.29, 1.82) is 0 Å². The van der Waals surface area contributed by atoms with Crippen molar-refractivity contribution >= 4 is 17.5 Å². The molecule has 1 aliphatic rings. The summed E-state index contributed by atoms with van der Waals surface area (Å²) in [4.78, 5) is 24.2. The van der Waals surface area contributed by atoms with Crippen LogP contribution in [0.3, 0.4) is 0 Å². The molecule has 4 nitrogen and oxygen atoms in total. The highest BCUT2D eigenvalue weighted by Gasteiger charge is 2.23. The Hall–Kier alpha value is -2.62. The van der Waals surface area contributed by atoms with E-state index in [1.165, 1.54) is 0 Å². The summed E-state index contributed by atoms with van der Waals surface area (Å²) in [6.45, 7) is 3.99. The lowest BCUT2D eigenvalue weighted by atomic mass is 10.1. The molecule has 1 fully saturated rings. The molecule has 0 heterocycles. The molecule has 3 rings (SSSR count). The van der Waals surface area contributed by atoms with Crippen molar-refractivity contribution in [2.75, 3.05) is 5.32 Å². The minimum absolute atomic E-state index is 0.0752. The van der Waals surface area contributed by atoms with Crippen molar-refractivity contribution in [3.63, 3.8) is 0 Å². The van der Waals surface area contributed by atoms with Crippen molar-refractivity contribution in [1.82, 2.24) is 5.32 Å². The highest BCUT2D eigenvalue weighted by Crippen LogP contribution is 2.19. The van der Waals surface area contributed by atoms with Gasteiger partial charge in [0, 0.05) is 22.9 Å². The largest absolute Gasteiger partial charge is 0.349 e. The molecule has 4 heteroatoms. The van der Waals surface area contributed by atoms with Crippen LogP contribution in [0.5, 0.6) is 0 Å². The van der Waals surface area contributed by atoms with E-state index >= 15 is 0 Å². The third-order valence-electron chi connectivity index (χ3n) is 3.80. The van der Waals surface area contributed by atoms with E-state index in [1.807, 2.05) is 26.0 Å². The second kappa shape index (κ2) is 6.24. The maximum Gasteiger partial charge on any atom is 0.255 e. The van der Waals surface area contributed by atoms with Crippen LogP contribution in [0.15, 0.2) is 42.5 Å². The van der Waals surface area contributed by atoms with Crippen LogP contribution in [0.4, 0.5) is 5.69 Å². The van der Waals surface area contributed by atoms with E-state index < -0.39 is 0 Å².